The zero-order valence-electron chi connectivity index (χ0n) is 10.8. The van der Waals surface area contributed by atoms with Gasteiger partial charge in [-0.15, -0.1) is 0 Å². The fourth-order valence-electron chi connectivity index (χ4n) is 1.92. The van der Waals surface area contributed by atoms with E-state index in [4.69, 9.17) is 9.15 Å². The minimum Gasteiger partial charge on any atom is -0.468 e. The van der Waals surface area contributed by atoms with Crippen LogP contribution in [0.3, 0.4) is 0 Å². The predicted octanol–water partition coefficient (Wildman–Crippen LogP) is 1.63. The monoisotopic (exact) mass is 272 g/mol. The molecule has 0 bridgehead atoms. The van der Waals surface area contributed by atoms with Crippen molar-refractivity contribution < 1.29 is 13.9 Å². The van der Waals surface area contributed by atoms with E-state index < -0.39 is 0 Å². The fourth-order valence-corrected chi connectivity index (χ4v) is 1.92. The van der Waals surface area contributed by atoms with Gasteiger partial charge in [-0.3, -0.25) is 19.1 Å². The van der Waals surface area contributed by atoms with E-state index >= 15 is 0 Å². The lowest BCUT2D eigenvalue weighted by Gasteiger charge is -2.19. The molecule has 102 valence electrons. The highest BCUT2D eigenvalue weighted by Gasteiger charge is 2.19. The van der Waals surface area contributed by atoms with E-state index in [9.17, 15) is 4.79 Å². The summed E-state index contributed by atoms with van der Waals surface area (Å²) in [6, 6.07) is 3.52. The minimum atomic E-state index is -0.370. The molecule has 3 aromatic heterocycles. The number of aromatic nitrogens is 3. The largest absolute Gasteiger partial charge is 0.468 e. The molecule has 0 N–H and O–H groups in total. The predicted molar refractivity (Wildman–Crippen MR) is 70.7 cm³/mol. The number of hydrogen-bond acceptors (Lipinski definition) is 6. The maximum atomic E-state index is 11.6. The van der Waals surface area contributed by atoms with Gasteiger partial charge in [-0.2, -0.15) is 0 Å². The Kier molecular flexibility index (Phi) is 3.08. The molecule has 0 aliphatic heterocycles. The minimum absolute atomic E-state index is 0.0279. The number of fused-ring (bicyclic) bond motifs is 1. The van der Waals surface area contributed by atoms with Crippen molar-refractivity contribution in [1.82, 2.24) is 14.4 Å². The van der Waals surface area contributed by atoms with Gasteiger partial charge in [0.2, 0.25) is 5.88 Å². The maximum absolute atomic E-state index is 11.6. The van der Waals surface area contributed by atoms with Gasteiger partial charge in [-0.1, -0.05) is 0 Å². The SMILES string of the molecule is COC(=O)CN(c1ccco1)c1cnc2cnccn12. The van der Waals surface area contributed by atoms with Crippen LogP contribution in [0.1, 0.15) is 0 Å². The van der Waals surface area contributed by atoms with Crippen molar-refractivity contribution >= 4 is 23.3 Å². The van der Waals surface area contributed by atoms with Gasteiger partial charge in [-0.05, 0) is 6.07 Å². The Hall–Kier alpha value is -2.83. The molecule has 7 heteroatoms. The number of methoxy groups -OCH3 is 1. The number of nitrogens with zero attached hydrogens (tertiary/aromatic N) is 4. The van der Waals surface area contributed by atoms with Crippen LogP contribution in [0, 0.1) is 0 Å². The number of hydrogen-bond donors (Lipinski definition) is 0. The normalized spacial score (nSPS) is 10.7. The molecule has 0 spiro atoms. The summed E-state index contributed by atoms with van der Waals surface area (Å²) < 4.78 is 11.9. The third-order valence-corrected chi connectivity index (χ3v) is 2.86. The Balaban J connectivity index is 2.07. The number of esters is 1. The summed E-state index contributed by atoms with van der Waals surface area (Å²) in [5.74, 6) is 0.863. The third kappa shape index (κ3) is 2.09. The van der Waals surface area contributed by atoms with E-state index in [-0.39, 0.29) is 12.5 Å². The first kappa shape index (κ1) is 12.2. The Labute approximate surface area is 114 Å². The van der Waals surface area contributed by atoms with E-state index in [1.165, 1.54) is 7.11 Å². The first-order valence-electron chi connectivity index (χ1n) is 5.94. The molecule has 0 unspecified atom stereocenters. The van der Waals surface area contributed by atoms with Gasteiger partial charge < -0.3 is 9.15 Å². The Morgan fingerprint density at radius 2 is 2.40 bits per heavy atom. The summed E-state index contributed by atoms with van der Waals surface area (Å²) in [6.45, 7) is 0.0279. The number of carbonyl (C=O) groups is 1. The maximum Gasteiger partial charge on any atom is 0.325 e. The molecule has 0 aliphatic rings. The van der Waals surface area contributed by atoms with E-state index in [0.29, 0.717) is 17.3 Å². The van der Waals surface area contributed by atoms with Crippen LogP contribution in [0.4, 0.5) is 11.7 Å². The molecule has 0 fully saturated rings. The second-order valence-corrected chi connectivity index (χ2v) is 4.03. The van der Waals surface area contributed by atoms with E-state index in [2.05, 4.69) is 9.97 Å². The van der Waals surface area contributed by atoms with E-state index in [1.54, 1.807) is 48.1 Å². The highest BCUT2D eigenvalue weighted by molar-refractivity contribution is 5.78. The van der Waals surface area contributed by atoms with Crippen LogP contribution in [0.2, 0.25) is 0 Å². The van der Waals surface area contributed by atoms with Gasteiger partial charge in [0, 0.05) is 18.5 Å². The molecule has 0 atom stereocenters. The zero-order valence-corrected chi connectivity index (χ0v) is 10.8. The van der Waals surface area contributed by atoms with Crippen LogP contribution in [0.5, 0.6) is 0 Å². The summed E-state index contributed by atoms with van der Waals surface area (Å²) in [5, 5.41) is 0. The van der Waals surface area contributed by atoms with E-state index in [0.717, 1.165) is 0 Å². The van der Waals surface area contributed by atoms with Crippen molar-refractivity contribution in [3.05, 3.63) is 43.2 Å². The standard InChI is InChI=1S/C13H12N4O3/c1-19-13(18)9-17(12-3-2-6-20-12)11-8-15-10-7-14-4-5-16(10)11/h2-8H,9H2,1H3. The number of imidazole rings is 1. The second-order valence-electron chi connectivity index (χ2n) is 4.03. The quantitative estimate of drug-likeness (QED) is 0.672. The molecular weight excluding hydrogens is 260 g/mol. The van der Waals surface area contributed by atoms with Gasteiger partial charge in [0.1, 0.15) is 12.4 Å². The average Bonchev–Trinajstić information content (AvgIpc) is 3.14. The lowest BCUT2D eigenvalue weighted by atomic mass is 10.4. The molecule has 0 radical (unpaired) electrons. The molecule has 0 aliphatic carbocycles. The fraction of sp³-hybridized carbons (Fsp3) is 0.154. The lowest BCUT2D eigenvalue weighted by Crippen LogP contribution is -2.26. The summed E-state index contributed by atoms with van der Waals surface area (Å²) >= 11 is 0. The van der Waals surface area contributed by atoms with Crippen molar-refractivity contribution in [2.24, 2.45) is 0 Å². The highest BCUT2D eigenvalue weighted by Crippen LogP contribution is 2.26. The van der Waals surface area contributed by atoms with Crippen LogP contribution in [0.25, 0.3) is 5.65 Å². The van der Waals surface area contributed by atoms with Crippen LogP contribution < -0.4 is 4.90 Å². The zero-order chi connectivity index (χ0) is 13.9. The molecule has 3 heterocycles. The summed E-state index contributed by atoms with van der Waals surface area (Å²) in [7, 11) is 1.35. The summed E-state index contributed by atoms with van der Waals surface area (Å²) in [5.41, 5.74) is 0.684. The number of carbonyl (C=O) groups excluding carboxylic acids is 1. The van der Waals surface area contributed by atoms with Gasteiger partial charge in [0.25, 0.3) is 0 Å². The second kappa shape index (κ2) is 5.04. The van der Waals surface area contributed by atoms with Gasteiger partial charge in [0.15, 0.2) is 5.65 Å². The van der Waals surface area contributed by atoms with E-state index in [1.807, 2.05) is 4.40 Å². The van der Waals surface area contributed by atoms with Crippen molar-refractivity contribution in [3.63, 3.8) is 0 Å². The van der Waals surface area contributed by atoms with Gasteiger partial charge >= 0.3 is 5.97 Å². The van der Waals surface area contributed by atoms with Crippen molar-refractivity contribution in [2.45, 2.75) is 0 Å². The molecule has 3 aromatic rings. The topological polar surface area (TPSA) is 72.9 Å². The Bertz CT molecular complexity index is 720. The number of rotatable bonds is 4. The van der Waals surface area contributed by atoms with Gasteiger partial charge in [-0.25, -0.2) is 4.98 Å². The molecule has 0 amide bonds. The van der Waals surface area contributed by atoms with Crippen LogP contribution >= 0.6 is 0 Å². The molecule has 0 saturated heterocycles. The lowest BCUT2D eigenvalue weighted by molar-refractivity contribution is -0.138. The van der Waals surface area contributed by atoms with Crippen LogP contribution in [-0.2, 0) is 9.53 Å². The van der Waals surface area contributed by atoms with Crippen LogP contribution in [-0.4, -0.2) is 34.0 Å². The smallest absolute Gasteiger partial charge is 0.325 e. The molecule has 0 aromatic carbocycles. The first-order valence-corrected chi connectivity index (χ1v) is 5.94. The number of anilines is 2. The molecule has 0 saturated carbocycles. The molecule has 3 rings (SSSR count). The van der Waals surface area contributed by atoms with Crippen molar-refractivity contribution in [2.75, 3.05) is 18.6 Å². The summed E-state index contributed by atoms with van der Waals surface area (Å²) in [4.78, 5) is 21.5. The number of ether oxygens (including phenoxy) is 1. The third-order valence-electron chi connectivity index (χ3n) is 2.86. The first-order chi connectivity index (χ1) is 9.79. The summed E-state index contributed by atoms with van der Waals surface area (Å²) in [6.07, 6.45) is 8.26. The van der Waals surface area contributed by atoms with Crippen LogP contribution in [0.15, 0.2) is 47.6 Å². The van der Waals surface area contributed by atoms with Crippen molar-refractivity contribution in [1.29, 1.82) is 0 Å². The van der Waals surface area contributed by atoms with Crippen molar-refractivity contribution in [3.8, 4) is 0 Å². The van der Waals surface area contributed by atoms with Gasteiger partial charge in [0.05, 0.1) is 25.8 Å². The Morgan fingerprint density at radius 1 is 1.50 bits per heavy atom. The molecule has 20 heavy (non-hydrogen) atoms. The highest BCUT2D eigenvalue weighted by atomic mass is 16.5. The Morgan fingerprint density at radius 3 is 3.15 bits per heavy atom. The number of furan rings is 1. The average molecular weight is 272 g/mol. The molecular formula is C13H12N4O3. The molecule has 7 nitrogen and oxygen atoms in total.